The zero-order valence-electron chi connectivity index (χ0n) is 13.1. The molecular formula is C16H14F2N2O5. The molecule has 0 fully saturated rings. The molecule has 0 saturated heterocycles. The summed E-state index contributed by atoms with van der Waals surface area (Å²) in [6, 6.07) is 9.94. The smallest absolute Gasteiger partial charge is 0.387 e. The minimum Gasteiger partial charge on any atom is -0.477 e. The molecule has 0 aliphatic rings. The molecule has 0 aliphatic heterocycles. The lowest BCUT2D eigenvalue weighted by Gasteiger charge is -2.13. The molecule has 25 heavy (non-hydrogen) atoms. The lowest BCUT2D eigenvalue weighted by atomic mass is 10.2. The van der Waals surface area contributed by atoms with Crippen LogP contribution in [-0.4, -0.2) is 24.0 Å². The zero-order chi connectivity index (χ0) is 18.4. The number of hydrogen-bond acceptors (Lipinski definition) is 5. The standard InChI is InChI=1S/C16H14F2N2O5/c1-10-11(5-4-8-13(10)25-16(17)18)19-15(21)9-24-14-7-3-2-6-12(14)20(22)23/h2-8,16H,9H2,1H3,(H,19,21). The number of halogens is 2. The third-order valence-electron chi connectivity index (χ3n) is 3.19. The minimum absolute atomic E-state index is 0.0471. The number of nitrogens with zero attached hydrogens (tertiary/aromatic N) is 1. The highest BCUT2D eigenvalue weighted by Crippen LogP contribution is 2.27. The maximum absolute atomic E-state index is 12.3. The summed E-state index contributed by atoms with van der Waals surface area (Å²) in [6.45, 7) is -1.95. The summed E-state index contributed by atoms with van der Waals surface area (Å²) in [5.41, 5.74) is 0.329. The van der Waals surface area contributed by atoms with Crippen molar-refractivity contribution in [3.05, 3.63) is 58.1 Å². The van der Waals surface area contributed by atoms with Crippen molar-refractivity contribution < 1.29 is 28.0 Å². The van der Waals surface area contributed by atoms with Crippen LogP contribution in [0.5, 0.6) is 11.5 Å². The van der Waals surface area contributed by atoms with Crippen LogP contribution in [-0.2, 0) is 4.79 Å². The molecule has 0 spiro atoms. The molecule has 2 aromatic rings. The van der Waals surface area contributed by atoms with Gasteiger partial charge < -0.3 is 14.8 Å². The second-order valence-corrected chi connectivity index (χ2v) is 4.87. The van der Waals surface area contributed by atoms with Crippen LogP contribution < -0.4 is 14.8 Å². The number of para-hydroxylation sites is 2. The van der Waals surface area contributed by atoms with Crippen molar-refractivity contribution in [2.24, 2.45) is 0 Å². The van der Waals surface area contributed by atoms with Crippen LogP contribution in [0, 0.1) is 17.0 Å². The van der Waals surface area contributed by atoms with Gasteiger partial charge in [-0.1, -0.05) is 18.2 Å². The van der Waals surface area contributed by atoms with Gasteiger partial charge in [0.15, 0.2) is 12.4 Å². The molecule has 2 aromatic carbocycles. The van der Waals surface area contributed by atoms with Crippen LogP contribution in [0.2, 0.25) is 0 Å². The lowest BCUT2D eigenvalue weighted by Crippen LogP contribution is -2.21. The number of ether oxygens (including phenoxy) is 2. The zero-order valence-corrected chi connectivity index (χ0v) is 13.1. The molecule has 9 heteroatoms. The molecular weight excluding hydrogens is 338 g/mol. The van der Waals surface area contributed by atoms with Crippen molar-refractivity contribution in [1.82, 2.24) is 0 Å². The summed E-state index contributed by atoms with van der Waals surface area (Å²) in [5.74, 6) is -0.711. The van der Waals surface area contributed by atoms with Gasteiger partial charge in [-0.25, -0.2) is 0 Å². The summed E-state index contributed by atoms with van der Waals surface area (Å²) in [7, 11) is 0. The number of benzene rings is 2. The third-order valence-corrected chi connectivity index (χ3v) is 3.19. The topological polar surface area (TPSA) is 90.7 Å². The molecule has 132 valence electrons. The average molecular weight is 352 g/mol. The van der Waals surface area contributed by atoms with Crippen LogP contribution in [0.15, 0.2) is 42.5 Å². The number of nitro benzene ring substituents is 1. The summed E-state index contributed by atoms with van der Waals surface area (Å²) in [4.78, 5) is 22.2. The highest BCUT2D eigenvalue weighted by molar-refractivity contribution is 5.93. The Morgan fingerprint density at radius 1 is 1.20 bits per heavy atom. The maximum atomic E-state index is 12.3. The minimum atomic E-state index is -2.98. The molecule has 7 nitrogen and oxygen atoms in total. The molecule has 1 N–H and O–H groups in total. The summed E-state index contributed by atoms with van der Waals surface area (Å²) in [5, 5.41) is 13.4. The summed E-state index contributed by atoms with van der Waals surface area (Å²) in [6.07, 6.45) is 0. The van der Waals surface area contributed by atoms with Crippen LogP contribution in [0.1, 0.15) is 5.56 Å². The van der Waals surface area contributed by atoms with E-state index in [2.05, 4.69) is 10.1 Å². The van der Waals surface area contributed by atoms with E-state index in [-0.39, 0.29) is 22.9 Å². The number of carbonyl (C=O) groups is 1. The predicted molar refractivity (Wildman–Crippen MR) is 85.0 cm³/mol. The quantitative estimate of drug-likeness (QED) is 0.608. The average Bonchev–Trinajstić information content (AvgIpc) is 2.56. The number of nitrogens with one attached hydrogen (secondary N) is 1. The number of nitro groups is 1. The largest absolute Gasteiger partial charge is 0.477 e. The molecule has 0 heterocycles. The van der Waals surface area contributed by atoms with E-state index in [0.29, 0.717) is 5.56 Å². The van der Waals surface area contributed by atoms with Crippen molar-refractivity contribution in [2.45, 2.75) is 13.5 Å². The van der Waals surface area contributed by atoms with Crippen LogP contribution in [0.3, 0.4) is 0 Å². The molecule has 0 aliphatic carbocycles. The second kappa shape index (κ2) is 8.04. The van der Waals surface area contributed by atoms with E-state index in [9.17, 15) is 23.7 Å². The van der Waals surface area contributed by atoms with E-state index >= 15 is 0 Å². The second-order valence-electron chi connectivity index (χ2n) is 4.87. The van der Waals surface area contributed by atoms with Crippen molar-refractivity contribution in [3.63, 3.8) is 0 Å². The first-order valence-electron chi connectivity index (χ1n) is 7.09. The Labute approximate surface area is 141 Å². The van der Waals surface area contributed by atoms with Gasteiger partial charge in [-0.2, -0.15) is 8.78 Å². The fourth-order valence-corrected chi connectivity index (χ4v) is 2.03. The number of hydrogen-bond donors (Lipinski definition) is 1. The van der Waals surface area contributed by atoms with Crippen molar-refractivity contribution in [3.8, 4) is 11.5 Å². The lowest BCUT2D eigenvalue weighted by molar-refractivity contribution is -0.385. The highest BCUT2D eigenvalue weighted by atomic mass is 19.3. The Balaban J connectivity index is 2.03. The summed E-state index contributed by atoms with van der Waals surface area (Å²) >= 11 is 0. The van der Waals surface area contributed by atoms with E-state index in [1.807, 2.05) is 0 Å². The first-order chi connectivity index (χ1) is 11.9. The van der Waals surface area contributed by atoms with Crippen LogP contribution >= 0.6 is 0 Å². The Hall–Kier alpha value is -3.23. The van der Waals surface area contributed by atoms with Gasteiger partial charge in [-0.15, -0.1) is 0 Å². The number of rotatable bonds is 7. The Bertz CT molecular complexity index is 783. The van der Waals surface area contributed by atoms with Crippen LogP contribution in [0.4, 0.5) is 20.2 Å². The Morgan fingerprint density at radius 3 is 2.56 bits per heavy atom. The van der Waals surface area contributed by atoms with E-state index in [0.717, 1.165) is 0 Å². The van der Waals surface area contributed by atoms with Gasteiger partial charge in [0.2, 0.25) is 0 Å². The molecule has 0 unspecified atom stereocenters. The number of alkyl halides is 2. The normalized spacial score (nSPS) is 10.4. The highest BCUT2D eigenvalue weighted by Gasteiger charge is 2.16. The number of amides is 1. The van der Waals surface area contributed by atoms with Gasteiger partial charge in [0.1, 0.15) is 5.75 Å². The summed E-state index contributed by atoms with van der Waals surface area (Å²) < 4.78 is 34.2. The first-order valence-corrected chi connectivity index (χ1v) is 7.09. The van der Waals surface area contributed by atoms with Crippen LogP contribution in [0.25, 0.3) is 0 Å². The molecule has 2 rings (SSSR count). The van der Waals surface area contributed by atoms with Gasteiger partial charge in [-0.05, 0) is 25.1 Å². The van der Waals surface area contributed by atoms with Gasteiger partial charge >= 0.3 is 12.3 Å². The van der Waals surface area contributed by atoms with Gasteiger partial charge in [0, 0.05) is 17.3 Å². The molecule has 0 atom stereocenters. The van der Waals surface area contributed by atoms with Gasteiger partial charge in [0.25, 0.3) is 5.91 Å². The predicted octanol–water partition coefficient (Wildman–Crippen LogP) is 3.52. The molecule has 1 amide bonds. The SMILES string of the molecule is Cc1c(NC(=O)COc2ccccc2[N+](=O)[O-])cccc1OC(F)F. The Morgan fingerprint density at radius 2 is 1.88 bits per heavy atom. The molecule has 0 aromatic heterocycles. The molecule has 0 saturated carbocycles. The third kappa shape index (κ3) is 4.87. The number of anilines is 1. The monoisotopic (exact) mass is 352 g/mol. The van der Waals surface area contributed by atoms with Crippen molar-refractivity contribution in [1.29, 1.82) is 0 Å². The van der Waals surface area contributed by atoms with Gasteiger partial charge in [-0.3, -0.25) is 14.9 Å². The van der Waals surface area contributed by atoms with E-state index in [1.165, 1.54) is 49.4 Å². The first kappa shape index (κ1) is 18.1. The molecule has 0 bridgehead atoms. The van der Waals surface area contributed by atoms with E-state index in [4.69, 9.17) is 4.74 Å². The van der Waals surface area contributed by atoms with Gasteiger partial charge in [0.05, 0.1) is 4.92 Å². The maximum Gasteiger partial charge on any atom is 0.387 e. The Kier molecular flexibility index (Phi) is 5.83. The molecule has 0 radical (unpaired) electrons. The number of carbonyl (C=O) groups excluding carboxylic acids is 1. The van der Waals surface area contributed by atoms with E-state index < -0.39 is 24.0 Å². The fraction of sp³-hybridized carbons (Fsp3) is 0.188. The van der Waals surface area contributed by atoms with E-state index in [1.54, 1.807) is 0 Å². The van der Waals surface area contributed by atoms with Crippen molar-refractivity contribution in [2.75, 3.05) is 11.9 Å². The van der Waals surface area contributed by atoms with Crippen molar-refractivity contribution >= 4 is 17.3 Å². The fourth-order valence-electron chi connectivity index (χ4n) is 2.03.